The van der Waals surface area contributed by atoms with Gasteiger partial charge in [-0.1, -0.05) is 23.7 Å². The van der Waals surface area contributed by atoms with Crippen molar-refractivity contribution in [2.24, 2.45) is 5.10 Å². The molecule has 1 heterocycles. The maximum atomic E-state index is 11.9. The summed E-state index contributed by atoms with van der Waals surface area (Å²) >= 11 is 5.81. The van der Waals surface area contributed by atoms with Gasteiger partial charge in [-0.05, 0) is 35.9 Å². The first-order chi connectivity index (χ1) is 14.0. The first kappa shape index (κ1) is 20.1. The Morgan fingerprint density at radius 2 is 2.00 bits per heavy atom. The number of ether oxygens (including phenoxy) is 1. The van der Waals surface area contributed by atoms with Crippen LogP contribution in [-0.2, 0) is 11.2 Å². The average molecular weight is 414 g/mol. The predicted molar refractivity (Wildman–Crippen MR) is 108 cm³/mol. The molecule has 0 fully saturated rings. The predicted octanol–water partition coefficient (Wildman–Crippen LogP) is 4.21. The number of amides is 1. The van der Waals surface area contributed by atoms with E-state index in [4.69, 9.17) is 20.8 Å². The summed E-state index contributed by atoms with van der Waals surface area (Å²) in [6.07, 6.45) is 1.50. The molecule has 9 heteroatoms. The van der Waals surface area contributed by atoms with E-state index in [9.17, 15) is 14.9 Å². The molecular weight excluding hydrogens is 398 g/mol. The molecule has 0 aliphatic rings. The Labute approximate surface area is 170 Å². The highest BCUT2D eigenvalue weighted by Crippen LogP contribution is 2.34. The fourth-order valence-corrected chi connectivity index (χ4v) is 2.69. The van der Waals surface area contributed by atoms with Crippen molar-refractivity contribution in [2.45, 2.75) is 6.42 Å². The van der Waals surface area contributed by atoms with Gasteiger partial charge in [0.15, 0.2) is 0 Å². The maximum Gasteiger partial charge on any atom is 0.270 e. The summed E-state index contributed by atoms with van der Waals surface area (Å²) in [7, 11) is 1.46. The van der Waals surface area contributed by atoms with Gasteiger partial charge < -0.3 is 9.15 Å². The number of hydrazone groups is 1. The molecule has 0 atom stereocenters. The van der Waals surface area contributed by atoms with Crippen molar-refractivity contribution >= 4 is 29.4 Å². The number of hydrogen-bond acceptors (Lipinski definition) is 6. The zero-order valence-electron chi connectivity index (χ0n) is 15.3. The molecule has 1 N–H and O–H groups in total. The molecule has 1 aromatic heterocycles. The molecular formula is C20H16ClN3O5. The van der Waals surface area contributed by atoms with Crippen molar-refractivity contribution in [3.8, 4) is 17.1 Å². The summed E-state index contributed by atoms with van der Waals surface area (Å²) in [6, 6.07) is 14.4. The molecule has 0 aliphatic carbocycles. The van der Waals surface area contributed by atoms with Gasteiger partial charge >= 0.3 is 0 Å². The van der Waals surface area contributed by atoms with E-state index in [1.54, 1.807) is 36.4 Å². The number of nitrogens with zero attached hydrogens (tertiary/aromatic N) is 2. The normalized spacial score (nSPS) is 10.8. The largest absolute Gasteiger partial charge is 0.496 e. The minimum atomic E-state index is -0.496. The smallest absolute Gasteiger partial charge is 0.270 e. The Bertz CT molecular complexity index is 1060. The summed E-state index contributed by atoms with van der Waals surface area (Å²) in [6.45, 7) is 0. The van der Waals surface area contributed by atoms with Crippen LogP contribution in [0, 0.1) is 10.1 Å². The number of carbonyl (C=O) groups is 1. The lowest BCUT2D eigenvalue weighted by Gasteiger charge is -2.05. The van der Waals surface area contributed by atoms with Gasteiger partial charge in [0.25, 0.3) is 5.69 Å². The molecule has 29 heavy (non-hydrogen) atoms. The van der Waals surface area contributed by atoms with Crippen molar-refractivity contribution in [2.75, 3.05) is 7.11 Å². The van der Waals surface area contributed by atoms with Crippen LogP contribution in [0.2, 0.25) is 5.02 Å². The van der Waals surface area contributed by atoms with Crippen LogP contribution in [0.15, 0.2) is 64.1 Å². The van der Waals surface area contributed by atoms with Crippen LogP contribution in [0.5, 0.6) is 5.75 Å². The second kappa shape index (κ2) is 9.03. The summed E-state index contributed by atoms with van der Waals surface area (Å²) < 4.78 is 10.9. The molecule has 148 valence electrons. The highest BCUT2D eigenvalue weighted by molar-refractivity contribution is 6.30. The number of nitro benzene ring substituents is 1. The lowest BCUT2D eigenvalue weighted by molar-refractivity contribution is -0.384. The van der Waals surface area contributed by atoms with E-state index in [1.165, 1.54) is 31.5 Å². The third-order valence-corrected chi connectivity index (χ3v) is 4.20. The molecule has 3 aromatic rings. The number of methoxy groups -OCH3 is 1. The van der Waals surface area contributed by atoms with E-state index in [1.807, 2.05) is 0 Å². The van der Waals surface area contributed by atoms with Crippen LogP contribution in [0.25, 0.3) is 11.3 Å². The fraction of sp³-hybridized carbons (Fsp3) is 0.100. The van der Waals surface area contributed by atoms with Crippen molar-refractivity contribution in [3.63, 3.8) is 0 Å². The molecule has 0 unspecified atom stereocenters. The van der Waals surface area contributed by atoms with Crippen LogP contribution in [0.4, 0.5) is 5.69 Å². The average Bonchev–Trinajstić information content (AvgIpc) is 3.18. The van der Waals surface area contributed by atoms with Crippen LogP contribution in [0.3, 0.4) is 0 Å². The van der Waals surface area contributed by atoms with Gasteiger partial charge in [0, 0.05) is 17.2 Å². The Hall–Kier alpha value is -3.65. The number of nitrogens with one attached hydrogen (secondary N) is 1. The maximum absolute atomic E-state index is 11.9. The molecule has 0 radical (unpaired) electrons. The SMILES string of the molecule is COc1ccc([N+](=O)[O-])cc1-c1ccc(/C=N\NC(=O)Cc2ccc(Cl)cc2)o1. The quantitative estimate of drug-likeness (QED) is 0.354. The van der Waals surface area contributed by atoms with Crippen molar-refractivity contribution < 1.29 is 18.9 Å². The number of furan rings is 1. The monoisotopic (exact) mass is 413 g/mol. The Morgan fingerprint density at radius 1 is 1.24 bits per heavy atom. The fourth-order valence-electron chi connectivity index (χ4n) is 2.56. The summed E-state index contributed by atoms with van der Waals surface area (Å²) in [4.78, 5) is 22.4. The van der Waals surface area contributed by atoms with Gasteiger partial charge in [0.05, 0.1) is 30.2 Å². The van der Waals surface area contributed by atoms with Gasteiger partial charge in [0.2, 0.25) is 5.91 Å². The van der Waals surface area contributed by atoms with Gasteiger partial charge in [-0.25, -0.2) is 5.43 Å². The van der Waals surface area contributed by atoms with E-state index in [-0.39, 0.29) is 18.0 Å². The standard InChI is InChI=1S/C20H16ClN3O5/c1-28-18-8-6-15(24(26)27)11-17(18)19-9-7-16(29-19)12-22-23-20(25)10-13-2-4-14(21)5-3-13/h2-9,11-12H,10H2,1H3,(H,23,25)/b22-12-. The molecule has 8 nitrogen and oxygen atoms in total. The number of non-ortho nitro benzene ring substituents is 1. The van der Waals surface area contributed by atoms with Crippen molar-refractivity contribution in [3.05, 3.63) is 81.1 Å². The summed E-state index contributed by atoms with van der Waals surface area (Å²) in [5, 5.41) is 15.5. The molecule has 0 bridgehead atoms. The second-order valence-electron chi connectivity index (χ2n) is 5.94. The summed E-state index contributed by atoms with van der Waals surface area (Å²) in [5.74, 6) is 0.875. The Kier molecular flexibility index (Phi) is 6.25. The topological polar surface area (TPSA) is 107 Å². The minimum Gasteiger partial charge on any atom is -0.496 e. The molecule has 0 saturated carbocycles. The van der Waals surface area contributed by atoms with Crippen LogP contribution in [0.1, 0.15) is 11.3 Å². The van der Waals surface area contributed by atoms with E-state index in [0.717, 1.165) is 5.56 Å². The van der Waals surface area contributed by atoms with Gasteiger partial charge in [-0.2, -0.15) is 5.10 Å². The van der Waals surface area contributed by atoms with Gasteiger partial charge in [-0.15, -0.1) is 0 Å². The first-order valence-corrected chi connectivity index (χ1v) is 8.83. The first-order valence-electron chi connectivity index (χ1n) is 8.45. The van der Waals surface area contributed by atoms with Crippen LogP contribution < -0.4 is 10.2 Å². The Balaban J connectivity index is 1.67. The highest BCUT2D eigenvalue weighted by atomic mass is 35.5. The third kappa shape index (κ3) is 5.20. The van der Waals surface area contributed by atoms with Crippen molar-refractivity contribution in [1.29, 1.82) is 0 Å². The lowest BCUT2D eigenvalue weighted by atomic mass is 10.1. The summed E-state index contributed by atoms with van der Waals surface area (Å²) in [5.41, 5.74) is 3.58. The minimum absolute atomic E-state index is 0.0816. The number of rotatable bonds is 7. The van der Waals surface area contributed by atoms with Gasteiger partial charge in [-0.3, -0.25) is 14.9 Å². The molecule has 3 rings (SSSR count). The van der Waals surface area contributed by atoms with Crippen molar-refractivity contribution in [1.82, 2.24) is 5.43 Å². The second-order valence-corrected chi connectivity index (χ2v) is 6.38. The third-order valence-electron chi connectivity index (χ3n) is 3.95. The zero-order chi connectivity index (χ0) is 20.8. The molecule has 2 aromatic carbocycles. The van der Waals surface area contributed by atoms with Gasteiger partial charge in [0.1, 0.15) is 17.3 Å². The lowest BCUT2D eigenvalue weighted by Crippen LogP contribution is -2.19. The van der Waals surface area contributed by atoms with Crippen LogP contribution >= 0.6 is 11.6 Å². The van der Waals surface area contributed by atoms with E-state index >= 15 is 0 Å². The highest BCUT2D eigenvalue weighted by Gasteiger charge is 2.15. The van der Waals surface area contributed by atoms with E-state index < -0.39 is 4.92 Å². The number of nitro groups is 1. The van der Waals surface area contributed by atoms with Crippen LogP contribution in [-0.4, -0.2) is 24.2 Å². The Morgan fingerprint density at radius 3 is 2.69 bits per heavy atom. The number of hydrogen-bond donors (Lipinski definition) is 1. The number of carbonyl (C=O) groups excluding carboxylic acids is 1. The van der Waals surface area contributed by atoms with E-state index in [0.29, 0.717) is 27.9 Å². The molecule has 0 saturated heterocycles. The molecule has 0 spiro atoms. The number of halogens is 1. The van der Waals surface area contributed by atoms with E-state index in [2.05, 4.69) is 10.5 Å². The number of benzene rings is 2. The molecule has 0 aliphatic heterocycles. The molecule has 1 amide bonds. The zero-order valence-corrected chi connectivity index (χ0v) is 16.1.